The Morgan fingerprint density at radius 2 is 1.84 bits per heavy atom. The average molecular weight is 338 g/mol. The van der Waals surface area contributed by atoms with Gasteiger partial charge in [-0.3, -0.25) is 9.69 Å². The average Bonchev–Trinajstić information content (AvgIpc) is 2.58. The SMILES string of the molecule is Cc1ccc(NC(=O)N2C=CC(=O)CC2c2ccc(F)cc2)cc1C. The van der Waals surface area contributed by atoms with Crippen LogP contribution in [0.3, 0.4) is 0 Å². The number of amides is 2. The Morgan fingerprint density at radius 1 is 1.12 bits per heavy atom. The molecular weight excluding hydrogens is 319 g/mol. The van der Waals surface area contributed by atoms with Gasteiger partial charge in [-0.25, -0.2) is 9.18 Å². The van der Waals surface area contributed by atoms with Crippen LogP contribution in [0.2, 0.25) is 0 Å². The van der Waals surface area contributed by atoms with Gasteiger partial charge in [0.1, 0.15) is 5.82 Å². The largest absolute Gasteiger partial charge is 0.326 e. The Labute approximate surface area is 146 Å². The lowest BCUT2D eigenvalue weighted by Gasteiger charge is -2.31. The molecule has 0 spiro atoms. The number of allylic oxidation sites excluding steroid dienone is 1. The Bertz CT molecular complexity index is 843. The number of nitrogens with one attached hydrogen (secondary N) is 1. The van der Waals surface area contributed by atoms with Crippen molar-refractivity contribution in [3.63, 3.8) is 0 Å². The molecule has 2 aromatic rings. The Kier molecular flexibility index (Phi) is 4.65. The van der Waals surface area contributed by atoms with Gasteiger partial charge in [-0.1, -0.05) is 18.2 Å². The summed E-state index contributed by atoms with van der Waals surface area (Å²) < 4.78 is 13.2. The van der Waals surface area contributed by atoms with Gasteiger partial charge in [0.15, 0.2) is 5.78 Å². The molecule has 0 radical (unpaired) electrons. The molecule has 1 unspecified atom stereocenters. The standard InChI is InChI=1S/C20H19FN2O2/c1-13-3-8-17(11-14(13)2)22-20(25)23-10-9-18(24)12-19(23)15-4-6-16(21)7-5-15/h3-11,19H,12H2,1-2H3,(H,22,25). The van der Waals surface area contributed by atoms with E-state index >= 15 is 0 Å². The number of urea groups is 1. The zero-order chi connectivity index (χ0) is 18.0. The summed E-state index contributed by atoms with van der Waals surface area (Å²) in [5, 5.41) is 2.86. The van der Waals surface area contributed by atoms with Crippen LogP contribution in [0.15, 0.2) is 54.7 Å². The first kappa shape index (κ1) is 16.9. The fraction of sp³-hybridized carbons (Fsp3) is 0.200. The number of ketones is 1. The Balaban J connectivity index is 1.85. The third-order valence-corrected chi connectivity index (χ3v) is 4.40. The van der Waals surface area contributed by atoms with Gasteiger partial charge in [0.25, 0.3) is 0 Å². The lowest BCUT2D eigenvalue weighted by molar-refractivity contribution is -0.116. The molecule has 0 fully saturated rings. The molecule has 3 rings (SSSR count). The van der Waals surface area contributed by atoms with Gasteiger partial charge >= 0.3 is 6.03 Å². The van der Waals surface area contributed by atoms with Crippen LogP contribution in [0.25, 0.3) is 0 Å². The van der Waals surface area contributed by atoms with E-state index in [9.17, 15) is 14.0 Å². The van der Waals surface area contributed by atoms with Crippen LogP contribution in [-0.4, -0.2) is 16.7 Å². The van der Waals surface area contributed by atoms with Gasteiger partial charge in [-0.2, -0.15) is 0 Å². The second kappa shape index (κ2) is 6.89. The second-order valence-corrected chi connectivity index (χ2v) is 6.19. The van der Waals surface area contributed by atoms with Gasteiger partial charge in [-0.15, -0.1) is 0 Å². The summed E-state index contributed by atoms with van der Waals surface area (Å²) in [4.78, 5) is 26.0. The lowest BCUT2D eigenvalue weighted by Crippen LogP contribution is -2.37. The topological polar surface area (TPSA) is 49.4 Å². The molecule has 25 heavy (non-hydrogen) atoms. The van der Waals surface area contributed by atoms with Crippen molar-refractivity contribution in [2.45, 2.75) is 26.3 Å². The van der Waals surface area contributed by atoms with Crippen molar-refractivity contribution < 1.29 is 14.0 Å². The van der Waals surface area contributed by atoms with E-state index in [1.165, 1.54) is 29.3 Å². The Morgan fingerprint density at radius 3 is 2.52 bits per heavy atom. The predicted octanol–water partition coefficient (Wildman–Crippen LogP) is 4.50. The highest BCUT2D eigenvalue weighted by atomic mass is 19.1. The molecule has 5 heteroatoms. The van der Waals surface area contributed by atoms with Crippen LogP contribution in [0, 0.1) is 19.7 Å². The second-order valence-electron chi connectivity index (χ2n) is 6.19. The van der Waals surface area contributed by atoms with Crippen molar-refractivity contribution in [3.05, 3.63) is 77.2 Å². The molecule has 1 atom stereocenters. The summed E-state index contributed by atoms with van der Waals surface area (Å²) in [6.07, 6.45) is 3.04. The van der Waals surface area contributed by atoms with Crippen molar-refractivity contribution in [3.8, 4) is 0 Å². The number of halogens is 1. The fourth-order valence-electron chi connectivity index (χ4n) is 2.80. The van der Waals surface area contributed by atoms with Crippen molar-refractivity contribution in [2.24, 2.45) is 0 Å². The molecule has 128 valence electrons. The molecular formula is C20H19FN2O2. The number of aryl methyl sites for hydroxylation is 2. The third kappa shape index (κ3) is 3.76. The van der Waals surface area contributed by atoms with Crippen molar-refractivity contribution in [2.75, 3.05) is 5.32 Å². The monoisotopic (exact) mass is 338 g/mol. The number of nitrogens with zero attached hydrogens (tertiary/aromatic N) is 1. The summed E-state index contributed by atoms with van der Waals surface area (Å²) in [5.41, 5.74) is 3.63. The first-order chi connectivity index (χ1) is 11.9. The van der Waals surface area contributed by atoms with E-state index in [0.717, 1.165) is 11.1 Å². The van der Waals surface area contributed by atoms with E-state index < -0.39 is 6.04 Å². The molecule has 2 aromatic carbocycles. The van der Waals surface area contributed by atoms with Gasteiger partial charge in [0.2, 0.25) is 0 Å². The van der Waals surface area contributed by atoms with E-state index in [1.807, 2.05) is 32.0 Å². The van der Waals surface area contributed by atoms with Gasteiger partial charge in [-0.05, 0) is 60.9 Å². The van der Waals surface area contributed by atoms with E-state index in [-0.39, 0.29) is 24.1 Å². The highest BCUT2D eigenvalue weighted by molar-refractivity contribution is 5.96. The number of rotatable bonds is 2. The molecule has 0 aromatic heterocycles. The molecule has 1 aliphatic rings. The molecule has 0 saturated carbocycles. The smallest absolute Gasteiger partial charge is 0.308 e. The number of hydrogen-bond acceptors (Lipinski definition) is 2. The molecule has 4 nitrogen and oxygen atoms in total. The first-order valence-electron chi connectivity index (χ1n) is 8.07. The van der Waals surface area contributed by atoms with E-state index in [2.05, 4.69) is 5.32 Å². The lowest BCUT2D eigenvalue weighted by atomic mass is 9.97. The minimum atomic E-state index is -0.454. The molecule has 0 bridgehead atoms. The van der Waals surface area contributed by atoms with Gasteiger partial charge in [0.05, 0.1) is 6.04 Å². The van der Waals surface area contributed by atoms with Crippen molar-refractivity contribution >= 4 is 17.5 Å². The van der Waals surface area contributed by atoms with Crippen LogP contribution < -0.4 is 5.32 Å². The molecule has 2 amide bonds. The van der Waals surface area contributed by atoms with Crippen molar-refractivity contribution in [1.82, 2.24) is 4.90 Å². The summed E-state index contributed by atoms with van der Waals surface area (Å²) in [5.74, 6) is -0.419. The number of carbonyl (C=O) groups is 2. The van der Waals surface area contributed by atoms with Crippen molar-refractivity contribution in [1.29, 1.82) is 0 Å². The molecule has 1 aliphatic heterocycles. The zero-order valence-corrected chi connectivity index (χ0v) is 14.1. The number of anilines is 1. The highest BCUT2D eigenvalue weighted by Gasteiger charge is 2.28. The van der Waals surface area contributed by atoms with Crippen LogP contribution >= 0.6 is 0 Å². The van der Waals surface area contributed by atoms with E-state index in [0.29, 0.717) is 11.3 Å². The summed E-state index contributed by atoms with van der Waals surface area (Å²) in [6, 6.07) is 10.8. The maximum absolute atomic E-state index is 13.2. The predicted molar refractivity (Wildman–Crippen MR) is 94.7 cm³/mol. The fourth-order valence-corrected chi connectivity index (χ4v) is 2.80. The summed E-state index contributed by atoms with van der Waals surface area (Å²) in [6.45, 7) is 3.98. The van der Waals surface area contributed by atoms with E-state index in [1.54, 1.807) is 12.1 Å². The molecule has 1 N–H and O–H groups in total. The summed E-state index contributed by atoms with van der Waals surface area (Å²) >= 11 is 0. The normalized spacial score (nSPS) is 16.8. The van der Waals surface area contributed by atoms with Gasteiger partial charge < -0.3 is 5.32 Å². The molecule has 0 aliphatic carbocycles. The maximum Gasteiger partial charge on any atom is 0.326 e. The zero-order valence-electron chi connectivity index (χ0n) is 14.1. The minimum absolute atomic E-state index is 0.0652. The number of carbonyl (C=O) groups excluding carboxylic acids is 2. The van der Waals surface area contributed by atoms with Crippen LogP contribution in [0.1, 0.15) is 29.2 Å². The first-order valence-corrected chi connectivity index (χ1v) is 8.07. The van der Waals surface area contributed by atoms with Gasteiger partial charge in [0, 0.05) is 18.3 Å². The van der Waals surface area contributed by atoms with Crippen LogP contribution in [0.4, 0.5) is 14.9 Å². The highest BCUT2D eigenvalue weighted by Crippen LogP contribution is 2.29. The van der Waals surface area contributed by atoms with Crippen LogP contribution in [0.5, 0.6) is 0 Å². The number of hydrogen-bond donors (Lipinski definition) is 1. The molecule has 1 heterocycles. The number of benzene rings is 2. The Hall–Kier alpha value is -2.95. The summed E-state index contributed by atoms with van der Waals surface area (Å²) in [7, 11) is 0. The maximum atomic E-state index is 13.2. The van der Waals surface area contributed by atoms with E-state index in [4.69, 9.17) is 0 Å². The molecule has 0 saturated heterocycles. The minimum Gasteiger partial charge on any atom is -0.308 e. The third-order valence-electron chi connectivity index (χ3n) is 4.40. The van der Waals surface area contributed by atoms with Crippen LogP contribution in [-0.2, 0) is 4.79 Å². The quantitative estimate of drug-likeness (QED) is 0.876.